The highest BCUT2D eigenvalue weighted by Gasteiger charge is 2.08. The monoisotopic (exact) mass is 233 g/mol. The lowest BCUT2D eigenvalue weighted by Crippen LogP contribution is -1.92. The molecule has 0 spiro atoms. The van der Waals surface area contributed by atoms with Crippen LogP contribution in [0.25, 0.3) is 11.1 Å². The summed E-state index contributed by atoms with van der Waals surface area (Å²) in [6, 6.07) is 13.1. The minimum Gasteiger partial charge on any atom is -0.496 e. The molecule has 0 heterocycles. The second-order valence-corrected chi connectivity index (χ2v) is 3.87. The van der Waals surface area contributed by atoms with Crippen molar-refractivity contribution in [2.45, 2.75) is 0 Å². The van der Waals surface area contributed by atoms with Crippen LogP contribution in [-0.4, -0.2) is 7.11 Å². The first kappa shape index (κ1) is 10.8. The van der Waals surface area contributed by atoms with Gasteiger partial charge in [-0.1, -0.05) is 29.8 Å². The number of nitrogens with two attached hydrogens (primary N) is 1. The summed E-state index contributed by atoms with van der Waals surface area (Å²) >= 11 is 5.97. The third-order valence-corrected chi connectivity index (χ3v) is 2.65. The summed E-state index contributed by atoms with van der Waals surface area (Å²) in [6.45, 7) is 0. The van der Waals surface area contributed by atoms with E-state index in [1.54, 1.807) is 19.2 Å². The van der Waals surface area contributed by atoms with Crippen molar-refractivity contribution in [2.24, 2.45) is 0 Å². The predicted molar refractivity (Wildman–Crippen MR) is 67.9 cm³/mol. The van der Waals surface area contributed by atoms with Gasteiger partial charge in [0.1, 0.15) is 5.75 Å². The van der Waals surface area contributed by atoms with Gasteiger partial charge in [-0.2, -0.15) is 0 Å². The maximum atomic E-state index is 5.97. The van der Waals surface area contributed by atoms with Crippen molar-refractivity contribution in [3.8, 4) is 16.9 Å². The van der Waals surface area contributed by atoms with Gasteiger partial charge in [-0.3, -0.25) is 0 Å². The molecule has 0 unspecified atom stereocenters. The van der Waals surface area contributed by atoms with Gasteiger partial charge in [0.15, 0.2) is 0 Å². The molecule has 2 rings (SSSR count). The number of ether oxygens (including phenoxy) is 1. The zero-order valence-corrected chi connectivity index (χ0v) is 9.66. The number of nitrogen functional groups attached to an aromatic ring is 1. The van der Waals surface area contributed by atoms with E-state index in [-0.39, 0.29) is 0 Å². The molecule has 82 valence electrons. The van der Waals surface area contributed by atoms with E-state index in [9.17, 15) is 0 Å². The molecular formula is C13H12ClNO. The van der Waals surface area contributed by atoms with E-state index in [0.717, 1.165) is 16.9 Å². The normalized spacial score (nSPS) is 10.1. The Hall–Kier alpha value is -1.67. The van der Waals surface area contributed by atoms with Crippen LogP contribution in [0.5, 0.6) is 5.75 Å². The van der Waals surface area contributed by atoms with Crippen molar-refractivity contribution in [1.82, 2.24) is 0 Å². The van der Waals surface area contributed by atoms with E-state index in [4.69, 9.17) is 22.1 Å². The summed E-state index contributed by atoms with van der Waals surface area (Å²) in [7, 11) is 1.64. The summed E-state index contributed by atoms with van der Waals surface area (Å²) in [5.41, 5.74) is 8.46. The molecule has 2 aromatic rings. The Morgan fingerprint density at radius 1 is 1.06 bits per heavy atom. The molecule has 3 heteroatoms. The van der Waals surface area contributed by atoms with Crippen molar-refractivity contribution >= 4 is 17.3 Å². The maximum Gasteiger partial charge on any atom is 0.126 e. The molecule has 0 saturated carbocycles. The molecule has 2 aromatic carbocycles. The Balaban J connectivity index is 2.62. The average molecular weight is 234 g/mol. The van der Waals surface area contributed by atoms with Gasteiger partial charge in [0.25, 0.3) is 0 Å². The summed E-state index contributed by atoms with van der Waals surface area (Å²) in [6.07, 6.45) is 0. The number of hydrogen-bond donors (Lipinski definition) is 1. The summed E-state index contributed by atoms with van der Waals surface area (Å²) in [4.78, 5) is 0. The Morgan fingerprint density at radius 2 is 1.81 bits per heavy atom. The van der Waals surface area contributed by atoms with Crippen LogP contribution < -0.4 is 10.5 Å². The van der Waals surface area contributed by atoms with Crippen LogP contribution in [0.4, 0.5) is 5.69 Å². The second kappa shape index (κ2) is 4.45. The smallest absolute Gasteiger partial charge is 0.126 e. The van der Waals surface area contributed by atoms with Gasteiger partial charge in [-0.15, -0.1) is 0 Å². The van der Waals surface area contributed by atoms with E-state index >= 15 is 0 Å². The fourth-order valence-electron chi connectivity index (χ4n) is 1.63. The fraction of sp³-hybridized carbons (Fsp3) is 0.0769. The quantitative estimate of drug-likeness (QED) is 0.805. The third kappa shape index (κ3) is 1.97. The van der Waals surface area contributed by atoms with Crippen LogP contribution in [0.15, 0.2) is 42.5 Å². The SMILES string of the molecule is COc1ccccc1-c1cc(Cl)ccc1N. The van der Waals surface area contributed by atoms with Gasteiger partial charge in [0.05, 0.1) is 7.11 Å². The molecule has 0 atom stereocenters. The van der Waals surface area contributed by atoms with E-state index in [1.165, 1.54) is 0 Å². The Bertz CT molecular complexity index is 511. The maximum absolute atomic E-state index is 5.97. The molecule has 0 amide bonds. The Kier molecular flexibility index (Phi) is 3.02. The highest BCUT2D eigenvalue weighted by molar-refractivity contribution is 6.31. The van der Waals surface area contributed by atoms with Gasteiger partial charge >= 0.3 is 0 Å². The highest BCUT2D eigenvalue weighted by Crippen LogP contribution is 2.34. The largest absolute Gasteiger partial charge is 0.496 e. The lowest BCUT2D eigenvalue weighted by molar-refractivity contribution is 0.416. The van der Waals surface area contributed by atoms with Crippen molar-refractivity contribution in [1.29, 1.82) is 0 Å². The van der Waals surface area contributed by atoms with Crippen LogP contribution in [0.2, 0.25) is 5.02 Å². The topological polar surface area (TPSA) is 35.2 Å². The van der Waals surface area contributed by atoms with E-state index in [0.29, 0.717) is 10.7 Å². The molecule has 2 N–H and O–H groups in total. The van der Waals surface area contributed by atoms with Crippen LogP contribution in [0.1, 0.15) is 0 Å². The van der Waals surface area contributed by atoms with Gasteiger partial charge in [0, 0.05) is 21.8 Å². The second-order valence-electron chi connectivity index (χ2n) is 3.43. The van der Waals surface area contributed by atoms with Crippen LogP contribution in [0, 0.1) is 0 Å². The first-order valence-corrected chi connectivity index (χ1v) is 5.28. The first-order chi connectivity index (χ1) is 7.72. The first-order valence-electron chi connectivity index (χ1n) is 4.91. The number of para-hydroxylation sites is 1. The molecule has 0 aromatic heterocycles. The standard InChI is InChI=1S/C13H12ClNO/c1-16-13-5-3-2-4-10(13)11-8-9(14)6-7-12(11)15/h2-8H,15H2,1H3. The minimum absolute atomic E-state index is 0.662. The average Bonchev–Trinajstić information content (AvgIpc) is 2.32. The van der Waals surface area contributed by atoms with Crippen molar-refractivity contribution in [3.63, 3.8) is 0 Å². The molecule has 2 nitrogen and oxygen atoms in total. The molecule has 0 aliphatic rings. The summed E-state index contributed by atoms with van der Waals surface area (Å²) in [5, 5.41) is 0.662. The predicted octanol–water partition coefficient (Wildman–Crippen LogP) is 3.60. The van der Waals surface area contributed by atoms with Gasteiger partial charge in [-0.25, -0.2) is 0 Å². The molecule has 0 saturated heterocycles. The van der Waals surface area contributed by atoms with Crippen molar-refractivity contribution < 1.29 is 4.74 Å². The highest BCUT2D eigenvalue weighted by atomic mass is 35.5. The molecule has 0 radical (unpaired) electrons. The zero-order valence-electron chi connectivity index (χ0n) is 8.91. The van der Waals surface area contributed by atoms with Gasteiger partial charge in [0.2, 0.25) is 0 Å². The third-order valence-electron chi connectivity index (χ3n) is 2.41. The van der Waals surface area contributed by atoms with Gasteiger partial charge in [-0.05, 0) is 24.3 Å². The Labute approximate surface area is 99.6 Å². The number of rotatable bonds is 2. The number of halogens is 1. The number of anilines is 1. The van der Waals surface area contributed by atoms with E-state index in [2.05, 4.69) is 0 Å². The van der Waals surface area contributed by atoms with Crippen LogP contribution in [0.3, 0.4) is 0 Å². The van der Waals surface area contributed by atoms with E-state index < -0.39 is 0 Å². The number of methoxy groups -OCH3 is 1. The van der Waals surface area contributed by atoms with Crippen LogP contribution in [-0.2, 0) is 0 Å². The molecule has 16 heavy (non-hydrogen) atoms. The molecule has 0 fully saturated rings. The van der Waals surface area contributed by atoms with Gasteiger partial charge < -0.3 is 10.5 Å². The fourth-order valence-corrected chi connectivity index (χ4v) is 1.80. The molecular weight excluding hydrogens is 222 g/mol. The zero-order chi connectivity index (χ0) is 11.5. The molecule has 0 bridgehead atoms. The van der Waals surface area contributed by atoms with Crippen molar-refractivity contribution in [3.05, 3.63) is 47.5 Å². The number of benzene rings is 2. The van der Waals surface area contributed by atoms with Crippen molar-refractivity contribution in [2.75, 3.05) is 12.8 Å². The minimum atomic E-state index is 0.662. The Morgan fingerprint density at radius 3 is 2.56 bits per heavy atom. The number of hydrogen-bond acceptors (Lipinski definition) is 2. The lowest BCUT2D eigenvalue weighted by Gasteiger charge is -2.10. The summed E-state index contributed by atoms with van der Waals surface area (Å²) < 4.78 is 5.30. The summed E-state index contributed by atoms with van der Waals surface area (Å²) in [5.74, 6) is 0.788. The molecule has 0 aliphatic carbocycles. The molecule has 0 aliphatic heterocycles. The lowest BCUT2D eigenvalue weighted by atomic mass is 10.0. The van der Waals surface area contributed by atoms with Crippen LogP contribution >= 0.6 is 11.6 Å². The van der Waals surface area contributed by atoms with E-state index in [1.807, 2.05) is 30.3 Å².